The molecule has 0 spiro atoms. The van der Waals surface area contributed by atoms with Crippen molar-refractivity contribution in [3.05, 3.63) is 24.8 Å². The van der Waals surface area contributed by atoms with Gasteiger partial charge in [0.15, 0.2) is 0 Å². The highest BCUT2D eigenvalue weighted by atomic mass is 16.5. The van der Waals surface area contributed by atoms with Crippen LogP contribution < -0.4 is 0 Å². The molecule has 0 saturated heterocycles. The zero-order chi connectivity index (χ0) is 12.3. The molecule has 0 radical (unpaired) electrons. The van der Waals surface area contributed by atoms with Gasteiger partial charge in [0, 0.05) is 6.08 Å². The molecule has 3 saturated carbocycles. The topological polar surface area (TPSA) is 26.3 Å². The lowest BCUT2D eigenvalue weighted by Gasteiger charge is -2.36. The van der Waals surface area contributed by atoms with Gasteiger partial charge in [-0.3, -0.25) is 0 Å². The summed E-state index contributed by atoms with van der Waals surface area (Å²) in [5, 5.41) is 0. The smallest absolute Gasteiger partial charge is 0.330 e. The summed E-state index contributed by atoms with van der Waals surface area (Å²) < 4.78 is 5.28. The van der Waals surface area contributed by atoms with Crippen molar-refractivity contribution < 1.29 is 9.53 Å². The molecule has 4 rings (SSSR count). The van der Waals surface area contributed by atoms with E-state index < -0.39 is 0 Å². The minimum atomic E-state index is -0.262. The monoisotopic (exact) mass is 244 g/mol. The van der Waals surface area contributed by atoms with Gasteiger partial charge in [-0.2, -0.15) is 0 Å². The van der Waals surface area contributed by atoms with Gasteiger partial charge < -0.3 is 4.74 Å². The second-order valence-electron chi connectivity index (χ2n) is 6.59. The normalized spacial score (nSPS) is 50.6. The van der Waals surface area contributed by atoms with Gasteiger partial charge in [0.2, 0.25) is 0 Å². The molecule has 3 fully saturated rings. The molecule has 7 atom stereocenters. The van der Waals surface area contributed by atoms with E-state index in [9.17, 15) is 4.79 Å². The number of carbonyl (C=O) groups excluding carboxylic acids is 1. The Labute approximate surface area is 108 Å². The maximum absolute atomic E-state index is 11.2. The fraction of sp³-hybridized carbons (Fsp3) is 0.688. The number of fused-ring (bicyclic) bond motifs is 9. The minimum Gasteiger partial charge on any atom is -0.462 e. The van der Waals surface area contributed by atoms with Crippen molar-refractivity contribution in [2.45, 2.75) is 19.3 Å². The number of ether oxygens (including phenoxy) is 1. The van der Waals surface area contributed by atoms with Crippen LogP contribution in [0.4, 0.5) is 0 Å². The Kier molecular flexibility index (Phi) is 2.24. The van der Waals surface area contributed by atoms with E-state index >= 15 is 0 Å². The fourth-order valence-corrected chi connectivity index (χ4v) is 5.59. The largest absolute Gasteiger partial charge is 0.462 e. The molecule has 0 amide bonds. The first-order valence-corrected chi connectivity index (χ1v) is 7.25. The summed E-state index contributed by atoms with van der Waals surface area (Å²) in [5.41, 5.74) is 0. The SMILES string of the molecule is C=CC(=O)OCC1CC2CC1C1C3C=CC(C3)C21. The molecular weight excluding hydrogens is 224 g/mol. The van der Waals surface area contributed by atoms with Crippen LogP contribution in [-0.2, 0) is 9.53 Å². The van der Waals surface area contributed by atoms with E-state index in [4.69, 9.17) is 4.74 Å². The summed E-state index contributed by atoms with van der Waals surface area (Å²) in [6, 6.07) is 0. The van der Waals surface area contributed by atoms with Crippen LogP contribution >= 0.6 is 0 Å². The summed E-state index contributed by atoms with van der Waals surface area (Å²) >= 11 is 0. The molecule has 0 aromatic rings. The number of esters is 1. The molecule has 96 valence electrons. The quantitative estimate of drug-likeness (QED) is 0.330. The Hall–Kier alpha value is -1.05. The lowest BCUT2D eigenvalue weighted by Crippen LogP contribution is -2.33. The van der Waals surface area contributed by atoms with Crippen LogP contribution in [-0.4, -0.2) is 12.6 Å². The Morgan fingerprint density at radius 3 is 2.78 bits per heavy atom. The third-order valence-corrected chi connectivity index (χ3v) is 6.01. The molecule has 7 unspecified atom stereocenters. The first-order valence-electron chi connectivity index (χ1n) is 7.25. The summed E-state index contributed by atoms with van der Waals surface area (Å²) in [7, 11) is 0. The molecule has 18 heavy (non-hydrogen) atoms. The lowest BCUT2D eigenvalue weighted by atomic mass is 9.69. The molecule has 4 aliphatic carbocycles. The molecular formula is C16H20O2. The molecule has 0 N–H and O–H groups in total. The average molecular weight is 244 g/mol. The fourth-order valence-electron chi connectivity index (χ4n) is 5.59. The third-order valence-electron chi connectivity index (χ3n) is 6.01. The van der Waals surface area contributed by atoms with Crippen molar-refractivity contribution in [2.75, 3.05) is 6.61 Å². The highest BCUT2D eigenvalue weighted by Gasteiger charge is 2.60. The van der Waals surface area contributed by atoms with Crippen molar-refractivity contribution in [3.8, 4) is 0 Å². The highest BCUT2D eigenvalue weighted by molar-refractivity contribution is 5.81. The van der Waals surface area contributed by atoms with E-state index in [0.29, 0.717) is 12.5 Å². The van der Waals surface area contributed by atoms with Gasteiger partial charge in [-0.05, 0) is 60.7 Å². The number of hydrogen-bond donors (Lipinski definition) is 0. The molecule has 0 aliphatic heterocycles. The molecule has 0 heterocycles. The Bertz CT molecular complexity index is 425. The summed E-state index contributed by atoms with van der Waals surface area (Å²) in [6.45, 7) is 4.08. The predicted octanol–water partition coefficient (Wildman–Crippen LogP) is 2.81. The second-order valence-corrected chi connectivity index (χ2v) is 6.59. The second kappa shape index (κ2) is 3.72. The van der Waals surface area contributed by atoms with Crippen LogP contribution in [0, 0.1) is 41.4 Å². The summed E-state index contributed by atoms with van der Waals surface area (Å²) in [6.07, 6.45) is 10.3. The number of carbonyl (C=O) groups is 1. The van der Waals surface area contributed by atoms with E-state index in [1.54, 1.807) is 0 Å². The highest BCUT2D eigenvalue weighted by Crippen LogP contribution is 2.66. The predicted molar refractivity (Wildman–Crippen MR) is 68.6 cm³/mol. The van der Waals surface area contributed by atoms with Crippen molar-refractivity contribution in [1.82, 2.24) is 0 Å². The van der Waals surface area contributed by atoms with Gasteiger partial charge in [0.05, 0.1) is 6.61 Å². The molecule has 2 heteroatoms. The van der Waals surface area contributed by atoms with E-state index in [1.807, 2.05) is 0 Å². The molecule has 2 nitrogen and oxygen atoms in total. The van der Waals surface area contributed by atoms with Gasteiger partial charge in [-0.15, -0.1) is 0 Å². The summed E-state index contributed by atoms with van der Waals surface area (Å²) in [5.74, 6) is 5.68. The maximum atomic E-state index is 11.2. The molecule has 4 bridgehead atoms. The Morgan fingerprint density at radius 2 is 2.00 bits per heavy atom. The zero-order valence-corrected chi connectivity index (χ0v) is 10.6. The van der Waals surface area contributed by atoms with Gasteiger partial charge in [-0.1, -0.05) is 18.7 Å². The van der Waals surface area contributed by atoms with Gasteiger partial charge in [0.1, 0.15) is 0 Å². The number of hydrogen-bond acceptors (Lipinski definition) is 2. The van der Waals surface area contributed by atoms with Gasteiger partial charge in [-0.25, -0.2) is 4.79 Å². The van der Waals surface area contributed by atoms with E-state index in [1.165, 1.54) is 25.3 Å². The zero-order valence-electron chi connectivity index (χ0n) is 10.6. The van der Waals surface area contributed by atoms with Crippen LogP contribution in [0.2, 0.25) is 0 Å². The van der Waals surface area contributed by atoms with Crippen molar-refractivity contribution >= 4 is 5.97 Å². The lowest BCUT2D eigenvalue weighted by molar-refractivity contribution is -0.140. The van der Waals surface area contributed by atoms with Crippen LogP contribution in [0.5, 0.6) is 0 Å². The maximum Gasteiger partial charge on any atom is 0.330 e. The van der Waals surface area contributed by atoms with Gasteiger partial charge >= 0.3 is 5.97 Å². The Morgan fingerprint density at radius 1 is 1.22 bits per heavy atom. The Balaban J connectivity index is 1.47. The minimum absolute atomic E-state index is 0.262. The first kappa shape index (κ1) is 10.8. The van der Waals surface area contributed by atoms with Crippen molar-refractivity contribution in [2.24, 2.45) is 41.4 Å². The number of rotatable bonds is 3. The van der Waals surface area contributed by atoms with E-state index in [-0.39, 0.29) is 5.97 Å². The van der Waals surface area contributed by atoms with Crippen LogP contribution in [0.1, 0.15) is 19.3 Å². The van der Waals surface area contributed by atoms with E-state index in [2.05, 4.69) is 18.7 Å². The summed E-state index contributed by atoms with van der Waals surface area (Å²) in [4.78, 5) is 11.2. The average Bonchev–Trinajstić information content (AvgIpc) is 3.11. The van der Waals surface area contributed by atoms with Crippen LogP contribution in [0.25, 0.3) is 0 Å². The van der Waals surface area contributed by atoms with Crippen molar-refractivity contribution in [3.63, 3.8) is 0 Å². The third kappa shape index (κ3) is 1.32. The van der Waals surface area contributed by atoms with Crippen LogP contribution in [0.3, 0.4) is 0 Å². The first-order chi connectivity index (χ1) is 8.78. The molecule has 0 aromatic carbocycles. The molecule has 4 aliphatic rings. The number of allylic oxidation sites excluding steroid dienone is 2. The van der Waals surface area contributed by atoms with Gasteiger partial charge in [0.25, 0.3) is 0 Å². The van der Waals surface area contributed by atoms with E-state index in [0.717, 1.165) is 35.5 Å². The van der Waals surface area contributed by atoms with Crippen LogP contribution in [0.15, 0.2) is 24.8 Å². The van der Waals surface area contributed by atoms with Crippen molar-refractivity contribution in [1.29, 1.82) is 0 Å². The standard InChI is InChI=1S/C16H20O2/c1-2-14(17)18-8-12-6-11-7-13(12)16-10-4-3-9(5-10)15(11)16/h2-4,9-13,15-16H,1,5-8H2. The molecule has 0 aromatic heterocycles.